The Morgan fingerprint density at radius 3 is 2.95 bits per heavy atom. The van der Waals surface area contributed by atoms with E-state index in [1.807, 2.05) is 12.1 Å². The van der Waals surface area contributed by atoms with Gasteiger partial charge in [-0.1, -0.05) is 19.1 Å². The summed E-state index contributed by atoms with van der Waals surface area (Å²) in [6.07, 6.45) is 1.02. The lowest BCUT2D eigenvalue weighted by Gasteiger charge is -2.25. The van der Waals surface area contributed by atoms with E-state index >= 15 is 0 Å². The summed E-state index contributed by atoms with van der Waals surface area (Å²) in [7, 11) is 0. The standard InChI is InChI=1S/C15H24N4O/c1-2-13-4-3-5-14(12-13)18-15(16)17-6-7-19-8-10-20-11-9-19/h3-5,12H,2,6-11H2,1H3,(H3,16,17,18). The molecule has 20 heavy (non-hydrogen) atoms. The first-order chi connectivity index (χ1) is 9.78. The number of anilines is 1. The number of nitrogens with zero attached hydrogens (tertiary/aromatic N) is 2. The third kappa shape index (κ3) is 4.83. The van der Waals surface area contributed by atoms with Crippen molar-refractivity contribution in [1.82, 2.24) is 4.90 Å². The van der Waals surface area contributed by atoms with Crippen molar-refractivity contribution in [2.24, 2.45) is 10.7 Å². The number of ether oxygens (including phenoxy) is 1. The SMILES string of the molecule is CCc1cccc(NC(N)=NCCN2CCOCC2)c1. The Morgan fingerprint density at radius 1 is 1.40 bits per heavy atom. The summed E-state index contributed by atoms with van der Waals surface area (Å²) >= 11 is 0. The summed E-state index contributed by atoms with van der Waals surface area (Å²) in [5.74, 6) is 0.478. The lowest BCUT2D eigenvalue weighted by Crippen LogP contribution is -2.38. The summed E-state index contributed by atoms with van der Waals surface area (Å²) in [4.78, 5) is 6.72. The smallest absolute Gasteiger partial charge is 0.193 e. The molecule has 110 valence electrons. The molecule has 0 unspecified atom stereocenters. The van der Waals surface area contributed by atoms with Crippen molar-refractivity contribution in [3.05, 3.63) is 29.8 Å². The average molecular weight is 276 g/mol. The van der Waals surface area contributed by atoms with E-state index in [0.717, 1.165) is 45.0 Å². The molecular weight excluding hydrogens is 252 g/mol. The zero-order valence-corrected chi connectivity index (χ0v) is 12.1. The molecule has 1 aliphatic rings. The van der Waals surface area contributed by atoms with E-state index in [9.17, 15) is 0 Å². The molecule has 0 atom stereocenters. The fraction of sp³-hybridized carbons (Fsp3) is 0.533. The van der Waals surface area contributed by atoms with Crippen molar-refractivity contribution >= 4 is 11.6 Å². The summed E-state index contributed by atoms with van der Waals surface area (Å²) in [6, 6.07) is 8.24. The van der Waals surface area contributed by atoms with Crippen LogP contribution in [0.5, 0.6) is 0 Å². The van der Waals surface area contributed by atoms with Crippen LogP contribution in [0.4, 0.5) is 5.69 Å². The van der Waals surface area contributed by atoms with Crippen LogP contribution in [-0.4, -0.2) is 50.3 Å². The molecule has 2 rings (SSSR count). The van der Waals surface area contributed by atoms with Gasteiger partial charge in [0.2, 0.25) is 0 Å². The molecule has 1 fully saturated rings. The molecule has 1 saturated heterocycles. The van der Waals surface area contributed by atoms with Crippen molar-refractivity contribution in [2.75, 3.05) is 44.7 Å². The van der Waals surface area contributed by atoms with E-state index in [1.165, 1.54) is 5.56 Å². The fourth-order valence-electron chi connectivity index (χ4n) is 2.19. The van der Waals surface area contributed by atoms with Crippen LogP contribution in [-0.2, 0) is 11.2 Å². The van der Waals surface area contributed by atoms with Gasteiger partial charge in [0.25, 0.3) is 0 Å². The maximum atomic E-state index is 5.91. The minimum absolute atomic E-state index is 0.478. The Balaban J connectivity index is 1.77. The Labute approximate surface area is 120 Å². The third-order valence-electron chi connectivity index (χ3n) is 3.41. The first kappa shape index (κ1) is 14.8. The van der Waals surface area contributed by atoms with Gasteiger partial charge in [0, 0.05) is 25.3 Å². The van der Waals surface area contributed by atoms with Gasteiger partial charge in [-0.15, -0.1) is 0 Å². The van der Waals surface area contributed by atoms with Gasteiger partial charge in [-0.2, -0.15) is 0 Å². The molecule has 1 aromatic carbocycles. The number of nitrogens with two attached hydrogens (primary N) is 1. The second kappa shape index (κ2) is 7.87. The first-order valence-electron chi connectivity index (χ1n) is 7.24. The second-order valence-electron chi connectivity index (χ2n) is 4.90. The molecule has 0 saturated carbocycles. The second-order valence-corrected chi connectivity index (χ2v) is 4.90. The molecule has 1 aromatic rings. The summed E-state index contributed by atoms with van der Waals surface area (Å²) in [5, 5.41) is 3.14. The van der Waals surface area contributed by atoms with Crippen molar-refractivity contribution in [2.45, 2.75) is 13.3 Å². The zero-order valence-electron chi connectivity index (χ0n) is 12.1. The maximum absolute atomic E-state index is 5.91. The molecule has 1 aliphatic heterocycles. The molecule has 0 bridgehead atoms. The quantitative estimate of drug-likeness (QED) is 0.629. The number of rotatable bonds is 5. The maximum Gasteiger partial charge on any atom is 0.193 e. The number of morpholine rings is 1. The van der Waals surface area contributed by atoms with Gasteiger partial charge in [0.1, 0.15) is 0 Å². The van der Waals surface area contributed by atoms with E-state index in [4.69, 9.17) is 10.5 Å². The van der Waals surface area contributed by atoms with Crippen molar-refractivity contribution < 1.29 is 4.74 Å². The molecule has 0 radical (unpaired) electrons. The predicted octanol–water partition coefficient (Wildman–Crippen LogP) is 1.31. The Kier molecular flexibility index (Phi) is 5.83. The van der Waals surface area contributed by atoms with Crippen molar-refractivity contribution in [3.8, 4) is 0 Å². The number of guanidine groups is 1. The highest BCUT2D eigenvalue weighted by atomic mass is 16.5. The Hall–Kier alpha value is -1.59. The normalized spacial score (nSPS) is 17.1. The van der Waals surface area contributed by atoms with Crippen molar-refractivity contribution in [3.63, 3.8) is 0 Å². The monoisotopic (exact) mass is 276 g/mol. The van der Waals surface area contributed by atoms with Crippen LogP contribution >= 0.6 is 0 Å². The minimum Gasteiger partial charge on any atom is -0.379 e. The molecule has 5 heteroatoms. The van der Waals surface area contributed by atoms with Crippen LogP contribution < -0.4 is 11.1 Å². The van der Waals surface area contributed by atoms with E-state index in [-0.39, 0.29) is 0 Å². The lowest BCUT2D eigenvalue weighted by atomic mass is 10.1. The van der Waals surface area contributed by atoms with E-state index in [2.05, 4.69) is 34.3 Å². The van der Waals surface area contributed by atoms with Gasteiger partial charge in [-0.3, -0.25) is 9.89 Å². The summed E-state index contributed by atoms with van der Waals surface area (Å²) in [6.45, 7) is 7.40. The molecule has 0 aromatic heterocycles. The molecule has 5 nitrogen and oxygen atoms in total. The van der Waals surface area contributed by atoms with Gasteiger partial charge >= 0.3 is 0 Å². The van der Waals surface area contributed by atoms with E-state index in [1.54, 1.807) is 0 Å². The van der Waals surface area contributed by atoms with Gasteiger partial charge in [-0.05, 0) is 24.1 Å². The first-order valence-corrected chi connectivity index (χ1v) is 7.24. The van der Waals surface area contributed by atoms with Crippen molar-refractivity contribution in [1.29, 1.82) is 0 Å². The van der Waals surface area contributed by atoms with Crippen LogP contribution in [0.15, 0.2) is 29.3 Å². The zero-order chi connectivity index (χ0) is 14.2. The number of nitrogens with one attached hydrogen (secondary N) is 1. The number of aliphatic imine (C=N–C) groups is 1. The molecular formula is C15H24N4O. The summed E-state index contributed by atoms with van der Waals surface area (Å²) < 4.78 is 5.31. The number of benzene rings is 1. The van der Waals surface area contributed by atoms with Gasteiger partial charge in [0.05, 0.1) is 19.8 Å². The third-order valence-corrected chi connectivity index (χ3v) is 3.41. The molecule has 3 N–H and O–H groups in total. The van der Waals surface area contributed by atoms with Gasteiger partial charge in [-0.25, -0.2) is 0 Å². The Morgan fingerprint density at radius 2 is 2.20 bits per heavy atom. The highest BCUT2D eigenvalue weighted by Crippen LogP contribution is 2.10. The highest BCUT2D eigenvalue weighted by Gasteiger charge is 2.08. The number of hydrogen-bond acceptors (Lipinski definition) is 3. The largest absolute Gasteiger partial charge is 0.379 e. The molecule has 0 aliphatic carbocycles. The lowest BCUT2D eigenvalue weighted by molar-refractivity contribution is 0.0394. The van der Waals surface area contributed by atoms with Crippen LogP contribution in [0.2, 0.25) is 0 Å². The van der Waals surface area contributed by atoms with Crippen LogP contribution in [0.25, 0.3) is 0 Å². The van der Waals surface area contributed by atoms with Gasteiger partial charge in [0.15, 0.2) is 5.96 Å². The molecule has 0 amide bonds. The van der Waals surface area contributed by atoms with E-state index < -0.39 is 0 Å². The van der Waals surface area contributed by atoms with Gasteiger partial charge < -0.3 is 15.8 Å². The fourth-order valence-corrected chi connectivity index (χ4v) is 2.19. The van der Waals surface area contributed by atoms with Crippen LogP contribution in [0.3, 0.4) is 0 Å². The topological polar surface area (TPSA) is 62.9 Å². The number of aryl methyl sites for hydroxylation is 1. The average Bonchev–Trinajstić information content (AvgIpc) is 2.48. The number of hydrogen-bond donors (Lipinski definition) is 2. The summed E-state index contributed by atoms with van der Waals surface area (Å²) in [5.41, 5.74) is 8.19. The van der Waals surface area contributed by atoms with Crippen LogP contribution in [0, 0.1) is 0 Å². The molecule has 0 spiro atoms. The highest BCUT2D eigenvalue weighted by molar-refractivity contribution is 5.92. The Bertz CT molecular complexity index is 441. The van der Waals surface area contributed by atoms with E-state index in [0.29, 0.717) is 12.5 Å². The van der Waals surface area contributed by atoms with Crippen LogP contribution in [0.1, 0.15) is 12.5 Å². The predicted molar refractivity (Wildman–Crippen MR) is 83.2 cm³/mol. The molecule has 1 heterocycles. The minimum atomic E-state index is 0.478.